The van der Waals surface area contributed by atoms with E-state index in [2.05, 4.69) is 0 Å². The monoisotopic (exact) mass is 265 g/mol. The van der Waals surface area contributed by atoms with Gasteiger partial charge >= 0.3 is 5.97 Å². The van der Waals surface area contributed by atoms with Crippen molar-refractivity contribution in [2.24, 2.45) is 0 Å². The number of nitrogens with zero attached hydrogens (tertiary/aromatic N) is 1. The van der Waals surface area contributed by atoms with Crippen molar-refractivity contribution in [2.75, 3.05) is 20.3 Å². The number of hydrogen-bond donors (Lipinski definition) is 1. The summed E-state index contributed by atoms with van der Waals surface area (Å²) in [6.45, 7) is 1.10. The predicted octanol–water partition coefficient (Wildman–Crippen LogP) is 1.06. The van der Waals surface area contributed by atoms with Gasteiger partial charge in [0.2, 0.25) is 6.41 Å². The summed E-state index contributed by atoms with van der Waals surface area (Å²) in [5.74, 6) is 0.0174. The number of amides is 1. The van der Waals surface area contributed by atoms with Crippen molar-refractivity contribution in [1.29, 1.82) is 0 Å². The number of carbonyl (C=O) groups is 2. The van der Waals surface area contributed by atoms with Crippen molar-refractivity contribution in [1.82, 2.24) is 4.90 Å². The second kappa shape index (κ2) is 5.60. The summed E-state index contributed by atoms with van der Waals surface area (Å²) in [4.78, 5) is 23.1. The molecule has 0 saturated heterocycles. The van der Waals surface area contributed by atoms with E-state index in [0.717, 1.165) is 11.3 Å². The van der Waals surface area contributed by atoms with Crippen LogP contribution in [0.2, 0.25) is 0 Å². The minimum Gasteiger partial charge on any atom is -0.490 e. The number of rotatable bonds is 4. The molecule has 1 unspecified atom stereocenters. The Morgan fingerprint density at radius 3 is 2.68 bits per heavy atom. The van der Waals surface area contributed by atoms with Gasteiger partial charge in [0.25, 0.3) is 0 Å². The predicted molar refractivity (Wildman–Crippen MR) is 66.3 cm³/mol. The number of fused-ring (bicyclic) bond motifs is 1. The van der Waals surface area contributed by atoms with Crippen LogP contribution >= 0.6 is 0 Å². The molecule has 1 aromatic carbocycles. The van der Waals surface area contributed by atoms with Crippen molar-refractivity contribution in [2.45, 2.75) is 12.5 Å². The molecule has 0 radical (unpaired) electrons. The second-order valence-electron chi connectivity index (χ2n) is 4.27. The van der Waals surface area contributed by atoms with E-state index < -0.39 is 12.0 Å². The van der Waals surface area contributed by atoms with E-state index in [0.29, 0.717) is 36.7 Å². The van der Waals surface area contributed by atoms with Gasteiger partial charge in [0, 0.05) is 13.5 Å². The molecule has 1 aliphatic rings. The van der Waals surface area contributed by atoms with E-state index in [1.807, 2.05) is 0 Å². The molecule has 0 bridgehead atoms. The zero-order valence-electron chi connectivity index (χ0n) is 10.5. The van der Waals surface area contributed by atoms with Gasteiger partial charge in [0.15, 0.2) is 17.5 Å². The van der Waals surface area contributed by atoms with Crippen LogP contribution in [-0.2, 0) is 9.59 Å². The maximum absolute atomic E-state index is 11.3. The third-order valence-corrected chi connectivity index (χ3v) is 2.89. The molecule has 6 heteroatoms. The SMILES string of the molecule is CN(C=O)C(C(=O)O)c1ccc2c(c1)OCCCO2. The summed E-state index contributed by atoms with van der Waals surface area (Å²) >= 11 is 0. The number of ether oxygens (including phenoxy) is 2. The first kappa shape index (κ1) is 13.2. The van der Waals surface area contributed by atoms with Crippen LogP contribution in [0.5, 0.6) is 11.5 Å². The van der Waals surface area contributed by atoms with Gasteiger partial charge in [-0.05, 0) is 17.7 Å². The Morgan fingerprint density at radius 1 is 1.37 bits per heavy atom. The summed E-state index contributed by atoms with van der Waals surface area (Å²) in [7, 11) is 1.43. The fraction of sp³-hybridized carbons (Fsp3) is 0.385. The Bertz CT molecular complexity index is 488. The maximum atomic E-state index is 11.3. The van der Waals surface area contributed by atoms with E-state index in [9.17, 15) is 14.7 Å². The van der Waals surface area contributed by atoms with Crippen molar-refractivity contribution in [3.8, 4) is 11.5 Å². The molecular formula is C13H15NO5. The Balaban J connectivity index is 2.36. The van der Waals surface area contributed by atoms with Gasteiger partial charge in [-0.25, -0.2) is 4.79 Å². The highest BCUT2D eigenvalue weighted by atomic mass is 16.5. The standard InChI is InChI=1S/C13H15NO5/c1-14(8-15)12(13(16)17)9-3-4-10-11(7-9)19-6-2-5-18-10/h3-4,7-8,12H,2,5-6H2,1H3,(H,16,17). The van der Waals surface area contributed by atoms with Crippen LogP contribution < -0.4 is 9.47 Å². The quantitative estimate of drug-likeness (QED) is 0.824. The molecule has 0 fully saturated rings. The fourth-order valence-corrected chi connectivity index (χ4v) is 1.96. The number of carboxylic acids is 1. The lowest BCUT2D eigenvalue weighted by molar-refractivity contribution is -0.145. The van der Waals surface area contributed by atoms with Gasteiger partial charge < -0.3 is 19.5 Å². The lowest BCUT2D eigenvalue weighted by atomic mass is 10.1. The van der Waals surface area contributed by atoms with Crippen molar-refractivity contribution in [3.63, 3.8) is 0 Å². The number of hydrogen-bond acceptors (Lipinski definition) is 4. The molecule has 2 rings (SSSR count). The van der Waals surface area contributed by atoms with Crippen LogP contribution in [0.1, 0.15) is 18.0 Å². The molecule has 0 aromatic heterocycles. The summed E-state index contributed by atoms with van der Waals surface area (Å²) in [5.41, 5.74) is 0.478. The number of benzene rings is 1. The van der Waals surface area contributed by atoms with Crippen LogP contribution in [0, 0.1) is 0 Å². The van der Waals surface area contributed by atoms with Crippen LogP contribution in [0.15, 0.2) is 18.2 Å². The molecule has 19 heavy (non-hydrogen) atoms. The van der Waals surface area contributed by atoms with E-state index >= 15 is 0 Å². The summed E-state index contributed by atoms with van der Waals surface area (Å²) in [5, 5.41) is 9.22. The third kappa shape index (κ3) is 2.78. The normalized spacial score (nSPS) is 15.2. The molecule has 1 heterocycles. The third-order valence-electron chi connectivity index (χ3n) is 2.89. The van der Waals surface area contributed by atoms with Gasteiger partial charge in [-0.1, -0.05) is 6.07 Å². The van der Waals surface area contributed by atoms with Crippen LogP contribution in [-0.4, -0.2) is 42.6 Å². The van der Waals surface area contributed by atoms with E-state index in [-0.39, 0.29) is 0 Å². The lowest BCUT2D eigenvalue weighted by Gasteiger charge is -2.21. The molecule has 1 atom stereocenters. The van der Waals surface area contributed by atoms with Gasteiger partial charge in [-0.15, -0.1) is 0 Å². The zero-order valence-corrected chi connectivity index (χ0v) is 10.5. The molecule has 0 spiro atoms. The first-order valence-electron chi connectivity index (χ1n) is 5.93. The molecule has 1 aliphatic heterocycles. The molecule has 0 aliphatic carbocycles. The molecule has 1 amide bonds. The summed E-state index contributed by atoms with van der Waals surface area (Å²) < 4.78 is 11.0. The van der Waals surface area contributed by atoms with Crippen molar-refractivity contribution >= 4 is 12.4 Å². The Labute approximate surface area is 110 Å². The Hall–Kier alpha value is -2.24. The average Bonchev–Trinajstić information content (AvgIpc) is 2.63. The highest BCUT2D eigenvalue weighted by Gasteiger charge is 2.25. The zero-order chi connectivity index (χ0) is 13.8. The summed E-state index contributed by atoms with van der Waals surface area (Å²) in [6, 6.07) is 3.88. The number of carboxylic acid groups (broad SMARTS) is 1. The number of carbonyl (C=O) groups excluding carboxylic acids is 1. The number of aliphatic carboxylic acids is 1. The molecule has 1 aromatic rings. The second-order valence-corrected chi connectivity index (χ2v) is 4.27. The lowest BCUT2D eigenvalue weighted by Crippen LogP contribution is -2.29. The first-order valence-corrected chi connectivity index (χ1v) is 5.93. The summed E-state index contributed by atoms with van der Waals surface area (Å²) in [6.07, 6.45) is 1.27. The minimum atomic E-state index is -1.09. The largest absolute Gasteiger partial charge is 0.490 e. The molecule has 102 valence electrons. The van der Waals surface area contributed by atoms with E-state index in [1.54, 1.807) is 18.2 Å². The average molecular weight is 265 g/mol. The first-order chi connectivity index (χ1) is 9.13. The highest BCUT2D eigenvalue weighted by molar-refractivity contribution is 5.78. The van der Waals surface area contributed by atoms with Crippen molar-refractivity contribution in [3.05, 3.63) is 23.8 Å². The molecular weight excluding hydrogens is 250 g/mol. The highest BCUT2D eigenvalue weighted by Crippen LogP contribution is 2.33. The topological polar surface area (TPSA) is 76.1 Å². The molecule has 1 N–H and O–H groups in total. The van der Waals surface area contributed by atoms with Gasteiger partial charge in [-0.2, -0.15) is 0 Å². The van der Waals surface area contributed by atoms with Crippen LogP contribution in [0.4, 0.5) is 0 Å². The Morgan fingerprint density at radius 2 is 2.05 bits per heavy atom. The van der Waals surface area contributed by atoms with Gasteiger partial charge in [0.05, 0.1) is 13.2 Å². The van der Waals surface area contributed by atoms with Crippen LogP contribution in [0.25, 0.3) is 0 Å². The Kier molecular flexibility index (Phi) is 3.89. The number of likely N-dealkylation sites (N-methyl/N-ethyl adjacent to an activating group) is 1. The minimum absolute atomic E-state index is 0.478. The smallest absolute Gasteiger partial charge is 0.331 e. The molecule has 6 nitrogen and oxygen atoms in total. The van der Waals surface area contributed by atoms with E-state index in [1.165, 1.54) is 7.05 Å². The van der Waals surface area contributed by atoms with Crippen LogP contribution in [0.3, 0.4) is 0 Å². The van der Waals surface area contributed by atoms with Crippen molar-refractivity contribution < 1.29 is 24.2 Å². The van der Waals surface area contributed by atoms with Gasteiger partial charge in [0.1, 0.15) is 0 Å². The maximum Gasteiger partial charge on any atom is 0.331 e. The van der Waals surface area contributed by atoms with Gasteiger partial charge in [-0.3, -0.25) is 4.79 Å². The fourth-order valence-electron chi connectivity index (χ4n) is 1.96. The molecule has 0 saturated carbocycles. The van der Waals surface area contributed by atoms with E-state index in [4.69, 9.17) is 9.47 Å².